The Morgan fingerprint density at radius 1 is 0.967 bits per heavy atom. The summed E-state index contributed by atoms with van der Waals surface area (Å²) in [5.41, 5.74) is 2.69. The molecular formula is C23H30N4O3. The van der Waals surface area contributed by atoms with E-state index < -0.39 is 6.04 Å². The number of hydrogen-bond acceptors (Lipinski definition) is 5. The molecule has 0 aromatic heterocycles. The van der Waals surface area contributed by atoms with Crippen LogP contribution in [0.2, 0.25) is 0 Å². The van der Waals surface area contributed by atoms with Crippen LogP contribution in [-0.2, 0) is 16.1 Å². The second kappa shape index (κ2) is 8.02. The lowest BCUT2D eigenvalue weighted by atomic mass is 10.0. The van der Waals surface area contributed by atoms with Crippen LogP contribution in [0.3, 0.4) is 0 Å². The maximum Gasteiger partial charge on any atom is 0.255 e. The van der Waals surface area contributed by atoms with Crippen molar-refractivity contribution in [1.29, 1.82) is 0 Å². The standard InChI is InChI=1S/C23H30N4O3/c28-21-10-9-20(22(29)25-21)27-14-15-13-16(7-8-17(15)23(27)30)24-18-5-4-6-19(18)26-11-2-1-3-12-26/h7-8,13,18-20,24H,1-6,9-12,14H2,(H,25,28,29)/t18-,19-,20?/m0/s1. The summed E-state index contributed by atoms with van der Waals surface area (Å²) in [5, 5.41) is 6.11. The molecule has 5 rings (SSSR count). The van der Waals surface area contributed by atoms with Gasteiger partial charge in [0.05, 0.1) is 0 Å². The first-order valence-electron chi connectivity index (χ1n) is 11.4. The van der Waals surface area contributed by atoms with Crippen LogP contribution in [0.1, 0.15) is 67.3 Å². The molecule has 7 nitrogen and oxygen atoms in total. The van der Waals surface area contributed by atoms with E-state index in [1.54, 1.807) is 4.90 Å². The van der Waals surface area contributed by atoms with E-state index in [0.717, 1.165) is 11.3 Å². The third kappa shape index (κ3) is 3.60. The fourth-order valence-electron chi connectivity index (χ4n) is 5.67. The second-order valence-electron chi connectivity index (χ2n) is 9.12. The molecule has 4 aliphatic rings. The van der Waals surface area contributed by atoms with Crippen molar-refractivity contribution >= 4 is 23.4 Å². The third-order valence-corrected chi connectivity index (χ3v) is 7.21. The molecule has 2 saturated heterocycles. The minimum absolute atomic E-state index is 0.113. The first kappa shape index (κ1) is 19.5. The molecule has 30 heavy (non-hydrogen) atoms. The average molecular weight is 411 g/mol. The Morgan fingerprint density at radius 2 is 1.80 bits per heavy atom. The summed E-state index contributed by atoms with van der Waals surface area (Å²) in [6, 6.07) is 6.44. The number of nitrogens with zero attached hydrogens (tertiary/aromatic N) is 2. The summed E-state index contributed by atoms with van der Waals surface area (Å²) in [4.78, 5) is 40.8. The Kier molecular flexibility index (Phi) is 5.23. The molecule has 2 N–H and O–H groups in total. The van der Waals surface area contributed by atoms with Gasteiger partial charge in [0.2, 0.25) is 11.8 Å². The average Bonchev–Trinajstić information content (AvgIpc) is 3.33. The Bertz CT molecular complexity index is 864. The number of rotatable bonds is 4. The quantitative estimate of drug-likeness (QED) is 0.745. The molecular weight excluding hydrogens is 380 g/mol. The zero-order valence-corrected chi connectivity index (χ0v) is 17.4. The van der Waals surface area contributed by atoms with E-state index in [1.807, 2.05) is 12.1 Å². The van der Waals surface area contributed by atoms with E-state index in [1.165, 1.54) is 51.6 Å². The Morgan fingerprint density at radius 3 is 2.60 bits per heavy atom. The van der Waals surface area contributed by atoms with Gasteiger partial charge in [-0.15, -0.1) is 0 Å². The Labute approximate surface area is 177 Å². The molecule has 0 spiro atoms. The second-order valence-corrected chi connectivity index (χ2v) is 9.12. The number of likely N-dealkylation sites (tertiary alicyclic amines) is 1. The molecule has 0 bridgehead atoms. The summed E-state index contributed by atoms with van der Waals surface area (Å²) in [6.07, 6.45) is 8.33. The summed E-state index contributed by atoms with van der Waals surface area (Å²) >= 11 is 0. The maximum absolute atomic E-state index is 12.9. The van der Waals surface area contributed by atoms with Crippen LogP contribution < -0.4 is 10.6 Å². The Hall–Kier alpha value is -2.41. The first-order chi connectivity index (χ1) is 14.6. The van der Waals surface area contributed by atoms with Crippen molar-refractivity contribution < 1.29 is 14.4 Å². The number of benzene rings is 1. The van der Waals surface area contributed by atoms with E-state index in [9.17, 15) is 14.4 Å². The van der Waals surface area contributed by atoms with Gasteiger partial charge in [0.25, 0.3) is 5.91 Å². The zero-order valence-electron chi connectivity index (χ0n) is 17.4. The molecule has 3 atom stereocenters. The minimum atomic E-state index is -0.558. The topological polar surface area (TPSA) is 81.8 Å². The van der Waals surface area contributed by atoms with Crippen molar-refractivity contribution in [2.24, 2.45) is 0 Å². The molecule has 1 aromatic carbocycles. The lowest BCUT2D eigenvalue weighted by Crippen LogP contribution is -2.52. The van der Waals surface area contributed by atoms with Crippen LogP contribution in [0.4, 0.5) is 5.69 Å². The van der Waals surface area contributed by atoms with Crippen LogP contribution in [0, 0.1) is 0 Å². The summed E-state index contributed by atoms with van der Waals surface area (Å²) in [6.45, 7) is 2.85. The van der Waals surface area contributed by atoms with E-state index in [0.29, 0.717) is 30.6 Å². The Balaban J connectivity index is 1.28. The molecule has 1 aromatic rings. The number of amides is 3. The molecule has 7 heteroatoms. The molecule has 1 aliphatic carbocycles. The van der Waals surface area contributed by atoms with E-state index in [-0.39, 0.29) is 24.1 Å². The van der Waals surface area contributed by atoms with Crippen LogP contribution in [0.15, 0.2) is 18.2 Å². The van der Waals surface area contributed by atoms with Gasteiger partial charge in [-0.05, 0) is 75.4 Å². The molecule has 3 fully saturated rings. The van der Waals surface area contributed by atoms with Gasteiger partial charge < -0.3 is 10.2 Å². The normalized spacial score (nSPS) is 29.8. The highest BCUT2D eigenvalue weighted by atomic mass is 16.2. The number of imide groups is 1. The van der Waals surface area contributed by atoms with Gasteiger partial charge in [-0.2, -0.15) is 0 Å². The fourth-order valence-corrected chi connectivity index (χ4v) is 5.67. The fraction of sp³-hybridized carbons (Fsp3) is 0.609. The van der Waals surface area contributed by atoms with Crippen molar-refractivity contribution in [3.63, 3.8) is 0 Å². The number of nitrogens with one attached hydrogen (secondary N) is 2. The van der Waals surface area contributed by atoms with Crippen molar-refractivity contribution in [1.82, 2.24) is 15.1 Å². The van der Waals surface area contributed by atoms with Crippen LogP contribution >= 0.6 is 0 Å². The zero-order chi connectivity index (χ0) is 20.7. The summed E-state index contributed by atoms with van der Waals surface area (Å²) < 4.78 is 0. The van der Waals surface area contributed by atoms with E-state index in [2.05, 4.69) is 21.6 Å². The van der Waals surface area contributed by atoms with Crippen molar-refractivity contribution in [2.45, 2.75) is 76.0 Å². The van der Waals surface area contributed by atoms with Gasteiger partial charge in [0.1, 0.15) is 6.04 Å². The van der Waals surface area contributed by atoms with Gasteiger partial charge in [-0.25, -0.2) is 0 Å². The van der Waals surface area contributed by atoms with Gasteiger partial charge >= 0.3 is 0 Å². The summed E-state index contributed by atoms with van der Waals surface area (Å²) in [7, 11) is 0. The van der Waals surface area contributed by atoms with Crippen LogP contribution in [0.25, 0.3) is 0 Å². The van der Waals surface area contributed by atoms with Gasteiger partial charge in [0.15, 0.2) is 0 Å². The number of anilines is 1. The van der Waals surface area contributed by atoms with Crippen LogP contribution in [0.5, 0.6) is 0 Å². The third-order valence-electron chi connectivity index (χ3n) is 7.21. The van der Waals surface area contributed by atoms with Crippen molar-refractivity contribution in [3.05, 3.63) is 29.3 Å². The van der Waals surface area contributed by atoms with E-state index >= 15 is 0 Å². The molecule has 3 aliphatic heterocycles. The van der Waals surface area contributed by atoms with Gasteiger partial charge in [-0.1, -0.05) is 6.42 Å². The highest BCUT2D eigenvalue weighted by Crippen LogP contribution is 2.32. The number of piperidine rings is 2. The summed E-state index contributed by atoms with van der Waals surface area (Å²) in [5.74, 6) is -0.731. The number of fused-ring (bicyclic) bond motifs is 1. The number of carbonyl (C=O) groups excluding carboxylic acids is 3. The maximum atomic E-state index is 12.9. The first-order valence-corrected chi connectivity index (χ1v) is 11.4. The lowest BCUT2D eigenvalue weighted by molar-refractivity contribution is -0.136. The lowest BCUT2D eigenvalue weighted by Gasteiger charge is -2.36. The number of hydrogen-bond donors (Lipinski definition) is 2. The molecule has 1 saturated carbocycles. The SMILES string of the molecule is O=C1CCC(N2Cc3cc(N[C@H]4CCC[C@@H]4N4CCCCC4)ccc3C2=O)C(=O)N1. The highest BCUT2D eigenvalue weighted by molar-refractivity contribution is 6.05. The minimum Gasteiger partial charge on any atom is -0.381 e. The molecule has 3 heterocycles. The smallest absolute Gasteiger partial charge is 0.255 e. The predicted octanol–water partition coefficient (Wildman–Crippen LogP) is 2.27. The van der Waals surface area contributed by atoms with Crippen molar-refractivity contribution in [2.75, 3.05) is 18.4 Å². The molecule has 3 amide bonds. The van der Waals surface area contributed by atoms with E-state index in [4.69, 9.17) is 0 Å². The molecule has 1 unspecified atom stereocenters. The number of carbonyl (C=O) groups is 3. The van der Waals surface area contributed by atoms with Crippen LogP contribution in [-0.4, -0.2) is 58.7 Å². The van der Waals surface area contributed by atoms with Gasteiger partial charge in [-0.3, -0.25) is 24.6 Å². The largest absolute Gasteiger partial charge is 0.381 e. The monoisotopic (exact) mass is 410 g/mol. The van der Waals surface area contributed by atoms with Gasteiger partial charge in [0, 0.05) is 36.3 Å². The highest BCUT2D eigenvalue weighted by Gasteiger charge is 2.39. The van der Waals surface area contributed by atoms with Crippen molar-refractivity contribution in [3.8, 4) is 0 Å². The molecule has 0 radical (unpaired) electrons. The predicted molar refractivity (Wildman–Crippen MR) is 113 cm³/mol. The molecule has 160 valence electrons.